The average Bonchev–Trinajstić information content (AvgIpc) is 3.13. The van der Waals surface area contributed by atoms with Crippen LogP contribution in [0.1, 0.15) is 32.3 Å². The Morgan fingerprint density at radius 2 is 1.57 bits per heavy atom. The summed E-state index contributed by atoms with van der Waals surface area (Å²) in [7, 11) is 0. The number of nitrogens with two attached hydrogens (primary N) is 1. The first-order valence-electron chi connectivity index (χ1n) is 16.8. The Morgan fingerprint density at radius 3 is 2.15 bits per heavy atom. The molecule has 0 bridgehead atoms. The summed E-state index contributed by atoms with van der Waals surface area (Å²) in [4.78, 5) is 76.5. The fourth-order valence-corrected chi connectivity index (χ4v) is 4.68. The van der Waals surface area contributed by atoms with Gasteiger partial charge in [-0.3, -0.25) is 29.4 Å². The first-order chi connectivity index (χ1) is 25.8. The maximum absolute atomic E-state index is 13.4. The molecule has 0 saturated heterocycles. The summed E-state index contributed by atoms with van der Waals surface area (Å²) in [6.45, 7) is 4.48. The monoisotopic (exact) mass is 758 g/mol. The van der Waals surface area contributed by atoms with E-state index in [0.717, 1.165) is 4.90 Å². The summed E-state index contributed by atoms with van der Waals surface area (Å²) in [5.41, 5.74) is 14.3. The minimum absolute atomic E-state index is 0.0915. The third-order valence-electron chi connectivity index (χ3n) is 7.41. The van der Waals surface area contributed by atoms with Crippen molar-refractivity contribution in [1.82, 2.24) is 16.0 Å². The average molecular weight is 759 g/mol. The van der Waals surface area contributed by atoms with Crippen molar-refractivity contribution in [1.29, 1.82) is 0 Å². The van der Waals surface area contributed by atoms with Crippen LogP contribution in [0.2, 0.25) is 0 Å². The third kappa shape index (κ3) is 17.0. The van der Waals surface area contributed by atoms with E-state index in [2.05, 4.69) is 31.3 Å². The van der Waals surface area contributed by atoms with Gasteiger partial charge in [0.05, 0.1) is 44.5 Å². The van der Waals surface area contributed by atoms with Crippen LogP contribution in [-0.2, 0) is 35.1 Å². The summed E-state index contributed by atoms with van der Waals surface area (Å²) in [5, 5.41) is 34.5. The molecule has 0 spiro atoms. The van der Waals surface area contributed by atoms with Gasteiger partial charge in [-0.25, -0.2) is 9.59 Å². The van der Waals surface area contributed by atoms with Crippen molar-refractivity contribution in [2.45, 2.75) is 45.3 Å². The fraction of sp³-hybridized carbons (Fsp3) is 0.485. The Labute approximate surface area is 310 Å². The van der Waals surface area contributed by atoms with Crippen LogP contribution in [0.4, 0.5) is 26.7 Å². The van der Waals surface area contributed by atoms with Gasteiger partial charge in [0.25, 0.3) is 5.69 Å². The SMILES string of the molecule is CC(C)[C@H](NC(=O)COCCOCCOCCN=[N+]=[N-])C(=O)N[C@@H](CCCNC(N)=O)C(=O)Nc1ccc(CN(C(=O)O)c2ccc([N+](=O)[O-])cc2)cc1. The molecular formula is C33H46N10O11. The van der Waals surface area contributed by atoms with E-state index in [1.165, 1.54) is 24.3 Å². The van der Waals surface area contributed by atoms with E-state index in [4.69, 9.17) is 25.5 Å². The molecule has 0 aliphatic rings. The van der Waals surface area contributed by atoms with E-state index in [0.29, 0.717) is 17.9 Å². The third-order valence-corrected chi connectivity index (χ3v) is 7.41. The highest BCUT2D eigenvalue weighted by atomic mass is 16.6. The molecule has 294 valence electrons. The number of non-ortho nitro benzene ring substituents is 1. The first-order valence-corrected chi connectivity index (χ1v) is 16.8. The quantitative estimate of drug-likeness (QED) is 0.0214. The molecule has 2 aromatic carbocycles. The van der Waals surface area contributed by atoms with E-state index >= 15 is 0 Å². The number of azide groups is 1. The second-order valence-corrected chi connectivity index (χ2v) is 11.8. The summed E-state index contributed by atoms with van der Waals surface area (Å²) >= 11 is 0. The highest BCUT2D eigenvalue weighted by Crippen LogP contribution is 2.22. The zero-order valence-electron chi connectivity index (χ0n) is 30.0. The maximum atomic E-state index is 13.4. The Kier molecular flexibility index (Phi) is 19.8. The number of nitrogens with zero attached hydrogens (tertiary/aromatic N) is 5. The molecule has 0 unspecified atom stereocenters. The molecule has 0 radical (unpaired) electrons. The Bertz CT molecular complexity index is 1590. The van der Waals surface area contributed by atoms with E-state index < -0.39 is 46.9 Å². The summed E-state index contributed by atoms with van der Waals surface area (Å²) < 4.78 is 15.9. The van der Waals surface area contributed by atoms with Gasteiger partial charge in [0.1, 0.15) is 18.7 Å². The minimum Gasteiger partial charge on any atom is -0.465 e. The second-order valence-electron chi connectivity index (χ2n) is 11.8. The number of nitro groups is 1. The number of carboxylic acid groups (broad SMARTS) is 1. The van der Waals surface area contributed by atoms with E-state index in [9.17, 15) is 39.2 Å². The molecule has 0 aliphatic carbocycles. The van der Waals surface area contributed by atoms with E-state index in [1.54, 1.807) is 38.1 Å². The van der Waals surface area contributed by atoms with Gasteiger partial charge in [-0.2, -0.15) is 0 Å². The Hall–Kier alpha value is -6.02. The van der Waals surface area contributed by atoms with Gasteiger partial charge in [-0.15, -0.1) is 0 Å². The zero-order chi connectivity index (χ0) is 39.9. The number of amides is 6. The number of carbonyl (C=O) groups excluding carboxylic acids is 4. The molecular weight excluding hydrogens is 712 g/mol. The number of urea groups is 1. The van der Waals surface area contributed by atoms with E-state index in [-0.39, 0.29) is 82.8 Å². The number of primary amides is 1. The molecule has 0 aliphatic heterocycles. The highest BCUT2D eigenvalue weighted by molar-refractivity contribution is 5.98. The summed E-state index contributed by atoms with van der Waals surface area (Å²) in [6, 6.07) is 8.45. The Morgan fingerprint density at radius 1 is 0.944 bits per heavy atom. The smallest absolute Gasteiger partial charge is 0.412 e. The van der Waals surface area contributed by atoms with Crippen molar-refractivity contribution in [3.8, 4) is 0 Å². The summed E-state index contributed by atoms with van der Waals surface area (Å²) in [6.07, 6.45) is -0.914. The largest absolute Gasteiger partial charge is 0.465 e. The first kappa shape index (κ1) is 44.1. The second kappa shape index (κ2) is 24.3. The van der Waals surface area contributed by atoms with Gasteiger partial charge in [0.2, 0.25) is 17.7 Å². The molecule has 0 fully saturated rings. The van der Waals surface area contributed by atoms with Crippen LogP contribution in [0, 0.1) is 16.0 Å². The molecule has 2 rings (SSSR count). The number of hydrogen-bond donors (Lipinski definition) is 6. The van der Waals surface area contributed by atoms with Crippen LogP contribution >= 0.6 is 0 Å². The number of nitrogens with one attached hydrogen (secondary N) is 4. The lowest BCUT2D eigenvalue weighted by Gasteiger charge is -2.25. The zero-order valence-corrected chi connectivity index (χ0v) is 30.0. The molecule has 0 aromatic heterocycles. The van der Waals surface area contributed by atoms with Crippen LogP contribution in [0.15, 0.2) is 53.6 Å². The van der Waals surface area contributed by atoms with Crippen LogP contribution in [0.5, 0.6) is 0 Å². The van der Waals surface area contributed by atoms with E-state index in [1.807, 2.05) is 0 Å². The number of anilines is 2. The lowest BCUT2D eigenvalue weighted by atomic mass is 10.0. The Balaban J connectivity index is 1.98. The molecule has 6 amide bonds. The molecule has 54 heavy (non-hydrogen) atoms. The van der Waals surface area contributed by atoms with Gasteiger partial charge in [-0.1, -0.05) is 31.1 Å². The van der Waals surface area contributed by atoms with Crippen molar-refractivity contribution in [2.24, 2.45) is 16.8 Å². The predicted octanol–water partition coefficient (Wildman–Crippen LogP) is 2.65. The lowest BCUT2D eigenvalue weighted by molar-refractivity contribution is -0.384. The van der Waals surface area contributed by atoms with Gasteiger partial charge < -0.3 is 46.3 Å². The molecule has 21 nitrogen and oxygen atoms in total. The maximum Gasteiger partial charge on any atom is 0.412 e. The number of ether oxygens (including phenoxy) is 3. The summed E-state index contributed by atoms with van der Waals surface area (Å²) in [5.74, 6) is -2.15. The fourth-order valence-electron chi connectivity index (χ4n) is 4.68. The number of carbonyl (C=O) groups is 5. The number of hydrogen-bond acceptors (Lipinski definition) is 11. The molecule has 2 atom stereocenters. The normalized spacial score (nSPS) is 11.8. The van der Waals surface area contributed by atoms with Gasteiger partial charge in [0.15, 0.2) is 0 Å². The highest BCUT2D eigenvalue weighted by Gasteiger charge is 2.29. The molecule has 0 saturated carbocycles. The topological polar surface area (TPSA) is 303 Å². The predicted molar refractivity (Wildman–Crippen MR) is 194 cm³/mol. The molecule has 0 heterocycles. The minimum atomic E-state index is -1.28. The molecule has 21 heteroatoms. The van der Waals surface area contributed by atoms with Crippen molar-refractivity contribution in [3.05, 3.63) is 74.7 Å². The molecule has 2 aromatic rings. The van der Waals surface area contributed by atoms with Crippen LogP contribution in [0.3, 0.4) is 0 Å². The van der Waals surface area contributed by atoms with Crippen molar-refractivity contribution < 1.29 is 48.2 Å². The van der Waals surface area contributed by atoms with Gasteiger partial charge in [0, 0.05) is 41.5 Å². The molecule has 7 N–H and O–H groups in total. The van der Waals surface area contributed by atoms with Crippen LogP contribution in [0.25, 0.3) is 10.4 Å². The number of rotatable bonds is 25. The van der Waals surface area contributed by atoms with Crippen LogP contribution < -0.4 is 31.9 Å². The standard InChI is InChI=1S/C33H46N10O11/c1-22(2)29(40-28(44)21-54-19-18-53-17-16-52-15-14-37-41-35)31(46)39-27(4-3-13-36-32(34)47)30(45)38-24-7-5-23(6-8-24)20-42(33(48)49)25-9-11-26(12-10-25)43(50)51/h5-12,22,27,29H,3-4,13-21H2,1-2H3,(H,38,45)(H,39,46)(H,40,44)(H,48,49)(H3,34,36,47)/t27-,29-/m0/s1. The van der Waals surface area contributed by atoms with Gasteiger partial charge in [-0.05, 0) is 54.1 Å². The van der Waals surface area contributed by atoms with Crippen molar-refractivity contribution >= 4 is 46.9 Å². The number of nitro benzene ring substituents is 1. The van der Waals surface area contributed by atoms with Crippen molar-refractivity contribution in [3.63, 3.8) is 0 Å². The van der Waals surface area contributed by atoms with Crippen LogP contribution in [-0.4, -0.2) is 105 Å². The lowest BCUT2D eigenvalue weighted by Crippen LogP contribution is -2.55. The number of benzene rings is 2. The van der Waals surface area contributed by atoms with Crippen molar-refractivity contribution in [2.75, 3.05) is 62.9 Å². The van der Waals surface area contributed by atoms with Gasteiger partial charge >= 0.3 is 12.1 Å².